The molecule has 1 fully saturated rings. The van der Waals surface area contributed by atoms with E-state index in [2.05, 4.69) is 54.7 Å². The molecule has 3 atom stereocenters. The minimum absolute atomic E-state index is 0.0349. The Kier molecular flexibility index (Phi) is 5.58. The van der Waals surface area contributed by atoms with Crippen molar-refractivity contribution in [3.05, 3.63) is 89.5 Å². The van der Waals surface area contributed by atoms with E-state index in [-0.39, 0.29) is 37.3 Å². The third kappa shape index (κ3) is 3.84. The summed E-state index contributed by atoms with van der Waals surface area (Å²) in [5, 5.41) is 13.5. The number of rotatable bonds is 4. The average molecular weight is 429 g/mol. The number of hydrogen-bond acceptors (Lipinski definition) is 4. The maximum atomic E-state index is 13.1. The van der Waals surface area contributed by atoms with Gasteiger partial charge in [-0.05, 0) is 47.7 Å². The van der Waals surface area contributed by atoms with Crippen LogP contribution in [0.15, 0.2) is 72.8 Å². The van der Waals surface area contributed by atoms with Gasteiger partial charge in [-0.25, -0.2) is 4.79 Å². The zero-order valence-corrected chi connectivity index (χ0v) is 18.2. The van der Waals surface area contributed by atoms with Gasteiger partial charge in [0.2, 0.25) is 0 Å². The topological polar surface area (TPSA) is 61.8 Å². The summed E-state index contributed by atoms with van der Waals surface area (Å²) in [5.41, 5.74) is 6.53. The summed E-state index contributed by atoms with van der Waals surface area (Å²) < 4.78 is 5.68. The van der Waals surface area contributed by atoms with Gasteiger partial charge < -0.3 is 20.1 Å². The molecule has 0 saturated carbocycles. The van der Waals surface area contributed by atoms with Gasteiger partial charge in [0.25, 0.3) is 0 Å². The van der Waals surface area contributed by atoms with Crippen molar-refractivity contribution in [1.29, 1.82) is 0 Å². The lowest BCUT2D eigenvalue weighted by atomic mass is 9.82. The van der Waals surface area contributed by atoms with Gasteiger partial charge in [0, 0.05) is 18.2 Å². The van der Waals surface area contributed by atoms with E-state index in [1.54, 1.807) is 0 Å². The number of aliphatic hydroxyl groups is 1. The summed E-state index contributed by atoms with van der Waals surface area (Å²) in [5.74, 6) is 0.144. The maximum Gasteiger partial charge on any atom is 0.410 e. The molecule has 0 bridgehead atoms. The Hall–Kier alpha value is -3.31. The predicted octanol–water partition coefficient (Wildman–Crippen LogP) is 5.15. The van der Waals surface area contributed by atoms with E-state index in [4.69, 9.17) is 4.74 Å². The van der Waals surface area contributed by atoms with Crippen LogP contribution in [0, 0.1) is 12.8 Å². The molecular weight excluding hydrogens is 400 g/mol. The predicted molar refractivity (Wildman–Crippen MR) is 125 cm³/mol. The van der Waals surface area contributed by atoms with Gasteiger partial charge in [-0.15, -0.1) is 0 Å². The number of aryl methyl sites for hydroxylation is 1. The first-order chi connectivity index (χ1) is 15.6. The number of nitrogens with one attached hydrogen (secondary N) is 1. The van der Waals surface area contributed by atoms with E-state index in [1.165, 1.54) is 5.56 Å². The lowest BCUT2D eigenvalue weighted by Gasteiger charge is -2.39. The molecule has 5 heteroatoms. The van der Waals surface area contributed by atoms with E-state index in [0.717, 1.165) is 34.4 Å². The van der Waals surface area contributed by atoms with Crippen LogP contribution in [0.1, 0.15) is 29.2 Å². The number of hydrogen-bond donors (Lipinski definition) is 2. The third-order valence-corrected chi connectivity index (χ3v) is 6.69. The molecule has 0 radical (unpaired) electrons. The highest BCUT2D eigenvalue weighted by Crippen LogP contribution is 2.47. The molecule has 0 aliphatic carbocycles. The van der Waals surface area contributed by atoms with Crippen LogP contribution in [0.3, 0.4) is 0 Å². The van der Waals surface area contributed by atoms with Crippen molar-refractivity contribution in [3.8, 4) is 11.1 Å². The summed E-state index contributed by atoms with van der Waals surface area (Å²) in [4.78, 5) is 14.9. The maximum absolute atomic E-state index is 13.1. The van der Waals surface area contributed by atoms with Gasteiger partial charge in [-0.2, -0.15) is 0 Å². The molecule has 1 amide bonds. The molecule has 5 rings (SSSR count). The number of amides is 1. The Morgan fingerprint density at radius 2 is 1.81 bits per heavy atom. The zero-order chi connectivity index (χ0) is 22.1. The second-order valence-corrected chi connectivity index (χ2v) is 8.73. The number of nitrogens with zero attached hydrogens (tertiary/aromatic N) is 1. The Morgan fingerprint density at radius 3 is 2.56 bits per heavy atom. The van der Waals surface area contributed by atoms with Crippen molar-refractivity contribution < 1.29 is 14.6 Å². The largest absolute Gasteiger partial charge is 0.445 e. The fourth-order valence-electron chi connectivity index (χ4n) is 5.00. The minimum Gasteiger partial charge on any atom is -0.445 e. The number of likely N-dealkylation sites (tertiary alicyclic amines) is 1. The van der Waals surface area contributed by atoms with Crippen molar-refractivity contribution in [2.45, 2.75) is 32.0 Å². The Bertz CT molecular complexity index is 1100. The number of ether oxygens (including phenoxy) is 1. The molecule has 2 aliphatic rings. The number of anilines is 1. The molecule has 3 aromatic carbocycles. The van der Waals surface area contributed by atoms with Gasteiger partial charge in [0.15, 0.2) is 0 Å². The summed E-state index contributed by atoms with van der Waals surface area (Å²) in [7, 11) is 0. The summed E-state index contributed by atoms with van der Waals surface area (Å²) in [6, 6.07) is 24.4. The fourth-order valence-corrected chi connectivity index (χ4v) is 5.00. The van der Waals surface area contributed by atoms with Crippen LogP contribution >= 0.6 is 0 Å². The van der Waals surface area contributed by atoms with Gasteiger partial charge in [0.05, 0.1) is 18.7 Å². The van der Waals surface area contributed by atoms with Gasteiger partial charge >= 0.3 is 6.09 Å². The zero-order valence-electron chi connectivity index (χ0n) is 18.2. The Morgan fingerprint density at radius 1 is 1.06 bits per heavy atom. The third-order valence-electron chi connectivity index (χ3n) is 6.69. The minimum atomic E-state index is -0.299. The molecule has 2 N–H and O–H groups in total. The highest BCUT2D eigenvalue weighted by atomic mass is 16.6. The first-order valence-corrected chi connectivity index (χ1v) is 11.2. The lowest BCUT2D eigenvalue weighted by molar-refractivity contribution is 0.0845. The monoisotopic (exact) mass is 428 g/mol. The molecule has 3 aromatic rings. The Balaban J connectivity index is 1.45. The van der Waals surface area contributed by atoms with Gasteiger partial charge in [0.1, 0.15) is 6.61 Å². The van der Waals surface area contributed by atoms with E-state index in [9.17, 15) is 9.90 Å². The number of aliphatic hydroxyl groups excluding tert-OH is 1. The molecule has 5 nitrogen and oxygen atoms in total. The summed E-state index contributed by atoms with van der Waals surface area (Å²) >= 11 is 0. The molecule has 32 heavy (non-hydrogen) atoms. The van der Waals surface area contributed by atoms with Gasteiger partial charge in [-0.1, -0.05) is 66.2 Å². The second kappa shape index (κ2) is 8.67. The van der Waals surface area contributed by atoms with Crippen LogP contribution in [0.2, 0.25) is 0 Å². The van der Waals surface area contributed by atoms with Crippen molar-refractivity contribution in [2.75, 3.05) is 18.5 Å². The standard InChI is InChI=1S/C27H28N2O3/c1-18-7-9-20(10-8-18)21-11-12-24-23(15-21)26-22(25(16-30)28-24)13-14-29(26)27(31)32-17-19-5-3-2-4-6-19/h2-12,15,22,25-26,28,30H,13-14,16-17H2,1H3/t22-,25+,26-/m1/s1. The van der Waals surface area contributed by atoms with Crippen molar-refractivity contribution in [3.63, 3.8) is 0 Å². The van der Waals surface area contributed by atoms with Crippen LogP contribution in [0.5, 0.6) is 0 Å². The van der Waals surface area contributed by atoms with Crippen molar-refractivity contribution in [1.82, 2.24) is 4.90 Å². The van der Waals surface area contributed by atoms with E-state index >= 15 is 0 Å². The Labute approximate surface area is 188 Å². The summed E-state index contributed by atoms with van der Waals surface area (Å²) in [6.07, 6.45) is 0.531. The summed E-state index contributed by atoms with van der Waals surface area (Å²) in [6.45, 7) is 2.99. The highest BCUT2D eigenvalue weighted by Gasteiger charge is 2.46. The van der Waals surface area contributed by atoms with Crippen LogP contribution in [0.25, 0.3) is 11.1 Å². The first-order valence-electron chi connectivity index (χ1n) is 11.2. The van der Waals surface area contributed by atoms with Crippen LogP contribution in [0.4, 0.5) is 10.5 Å². The molecule has 2 aliphatic heterocycles. The number of fused-ring (bicyclic) bond motifs is 3. The fraction of sp³-hybridized carbons (Fsp3) is 0.296. The average Bonchev–Trinajstić information content (AvgIpc) is 3.29. The molecule has 0 spiro atoms. The molecule has 0 unspecified atom stereocenters. The van der Waals surface area contributed by atoms with Crippen LogP contribution in [-0.2, 0) is 11.3 Å². The molecule has 2 heterocycles. The first kappa shape index (κ1) is 20.6. The van der Waals surface area contributed by atoms with Crippen molar-refractivity contribution in [2.24, 2.45) is 5.92 Å². The van der Waals surface area contributed by atoms with E-state index < -0.39 is 0 Å². The lowest BCUT2D eigenvalue weighted by Crippen LogP contribution is -2.43. The number of carbonyl (C=O) groups excluding carboxylic acids is 1. The SMILES string of the molecule is Cc1ccc(-c2ccc3c(c2)[C@H]2[C@H](CCN2C(=O)OCc2ccccc2)[C@H](CO)N3)cc1. The molecular formula is C27H28N2O3. The molecule has 0 aromatic heterocycles. The number of carbonyl (C=O) groups is 1. The second-order valence-electron chi connectivity index (χ2n) is 8.73. The number of benzene rings is 3. The van der Waals surface area contributed by atoms with E-state index in [0.29, 0.717) is 6.54 Å². The van der Waals surface area contributed by atoms with E-state index in [1.807, 2.05) is 35.2 Å². The molecule has 1 saturated heterocycles. The normalized spacial score (nSPS) is 21.4. The quantitative estimate of drug-likeness (QED) is 0.603. The smallest absolute Gasteiger partial charge is 0.410 e. The highest BCUT2D eigenvalue weighted by molar-refractivity contribution is 5.74. The van der Waals surface area contributed by atoms with Crippen molar-refractivity contribution >= 4 is 11.8 Å². The van der Waals surface area contributed by atoms with Gasteiger partial charge in [-0.3, -0.25) is 0 Å². The van der Waals surface area contributed by atoms with Crippen LogP contribution in [-0.4, -0.2) is 35.3 Å². The molecule has 164 valence electrons. The van der Waals surface area contributed by atoms with Crippen LogP contribution < -0.4 is 5.32 Å².